The molecule has 0 atom stereocenters. The van der Waals surface area contributed by atoms with Gasteiger partial charge in [-0.1, -0.05) is 0 Å². The Balaban J connectivity index is 1.26. The number of hydrogen-bond acceptors (Lipinski definition) is 8. The first kappa shape index (κ1) is 20.8. The predicted molar refractivity (Wildman–Crippen MR) is 125 cm³/mol. The second-order valence-corrected chi connectivity index (χ2v) is 9.04. The third kappa shape index (κ3) is 4.87. The fourth-order valence-corrected chi connectivity index (χ4v) is 4.35. The van der Waals surface area contributed by atoms with Gasteiger partial charge in [0.25, 0.3) is 11.7 Å². The largest absolute Gasteiger partial charge is 0.396 e. The molecule has 9 nitrogen and oxygen atoms in total. The number of rotatable bonds is 9. The Kier molecular flexibility index (Phi) is 5.97. The van der Waals surface area contributed by atoms with Gasteiger partial charge < -0.3 is 10.4 Å². The molecule has 165 valence electrons. The summed E-state index contributed by atoms with van der Waals surface area (Å²) in [5, 5.41) is 22.7. The van der Waals surface area contributed by atoms with Crippen molar-refractivity contribution in [2.24, 2.45) is 10.9 Å². The number of carbonyl (C=O) groups excluding carboxylic acids is 1. The Morgan fingerprint density at radius 3 is 2.94 bits per heavy atom. The van der Waals surface area contributed by atoms with Gasteiger partial charge in [0.2, 0.25) is 5.91 Å². The zero-order chi connectivity index (χ0) is 21.9. The van der Waals surface area contributed by atoms with Crippen molar-refractivity contribution in [3.05, 3.63) is 60.4 Å². The maximum Gasteiger partial charge on any atom is 0.285 e. The molecule has 1 fully saturated rings. The van der Waals surface area contributed by atoms with Crippen LogP contribution in [0.5, 0.6) is 0 Å². The number of aliphatic imine (C=N–C) groups is 1. The van der Waals surface area contributed by atoms with Crippen LogP contribution in [0.3, 0.4) is 0 Å². The van der Waals surface area contributed by atoms with Crippen molar-refractivity contribution in [1.82, 2.24) is 19.4 Å². The number of H-pyrrole nitrogens is 1. The van der Waals surface area contributed by atoms with Crippen LogP contribution in [0.4, 0.5) is 11.5 Å². The monoisotopic (exact) mass is 451 g/mol. The number of benzene rings is 1. The molecule has 0 spiro atoms. The molecule has 3 aliphatic rings. The van der Waals surface area contributed by atoms with E-state index < -0.39 is 0 Å². The second kappa shape index (κ2) is 9.19. The van der Waals surface area contributed by atoms with E-state index in [4.69, 9.17) is 5.11 Å². The molecule has 0 saturated heterocycles. The SMILES string of the molecule is O=C(Nc1ccc(SN2C=C(Nc3cc(CCCO)[nH]n3)[N+]3C=CN=C3C2)cc1)C1CC1. The van der Waals surface area contributed by atoms with E-state index >= 15 is 0 Å². The molecule has 2 aliphatic heterocycles. The lowest BCUT2D eigenvalue weighted by Gasteiger charge is -2.24. The highest BCUT2D eigenvalue weighted by molar-refractivity contribution is 7.97. The average molecular weight is 452 g/mol. The van der Waals surface area contributed by atoms with Crippen LogP contribution in [0, 0.1) is 5.92 Å². The third-order valence-corrected chi connectivity index (χ3v) is 6.28. The number of amidine groups is 1. The number of hydrogen-bond donors (Lipinski definition) is 4. The van der Waals surface area contributed by atoms with Gasteiger partial charge in [0, 0.05) is 34.9 Å². The smallest absolute Gasteiger partial charge is 0.285 e. The molecule has 1 amide bonds. The fraction of sp³-hybridized carbons (Fsp3) is 0.318. The van der Waals surface area contributed by atoms with Gasteiger partial charge in [-0.25, -0.2) is 0 Å². The normalized spacial score (nSPS) is 17.7. The Labute approximate surface area is 190 Å². The quantitative estimate of drug-likeness (QED) is 0.345. The van der Waals surface area contributed by atoms with Crippen LogP contribution in [0.2, 0.25) is 0 Å². The van der Waals surface area contributed by atoms with Crippen molar-refractivity contribution in [2.45, 2.75) is 30.6 Å². The molecule has 1 saturated carbocycles. The number of aliphatic hydroxyl groups is 1. The summed E-state index contributed by atoms with van der Waals surface area (Å²) < 4.78 is 2.11. The summed E-state index contributed by atoms with van der Waals surface area (Å²) in [5.74, 6) is 2.80. The molecule has 3 heterocycles. The number of nitrogens with zero attached hydrogens (tertiary/aromatic N) is 4. The maximum atomic E-state index is 11.9. The Morgan fingerprint density at radius 2 is 2.16 bits per heavy atom. The molecule has 1 aromatic carbocycles. The topological polar surface area (TPSA) is 112 Å². The van der Waals surface area contributed by atoms with Gasteiger partial charge in [-0.15, -0.1) is 0 Å². The standard InChI is InChI=1S/C22H25N7O2S/c30-11-1-2-17-12-19(27-26-17)25-21-14-28(13-20-23-9-10-29(20)21)32-18-7-5-16(6-8-18)24-22(31)15-3-4-15/h5-10,12,14-15,30H,1-4,11,13H2,(H,24,31)(H2,25,26,27)/q+1. The van der Waals surface area contributed by atoms with Crippen LogP contribution in [-0.2, 0) is 11.2 Å². The van der Waals surface area contributed by atoms with E-state index in [1.54, 1.807) is 18.1 Å². The van der Waals surface area contributed by atoms with Gasteiger partial charge in [-0.3, -0.25) is 19.5 Å². The van der Waals surface area contributed by atoms with Crippen LogP contribution in [-0.4, -0.2) is 44.5 Å². The van der Waals surface area contributed by atoms with Crippen LogP contribution < -0.4 is 15.5 Å². The lowest BCUT2D eigenvalue weighted by molar-refractivity contribution is -0.117. The molecule has 0 unspecified atom stereocenters. The van der Waals surface area contributed by atoms with Gasteiger partial charge in [0.15, 0.2) is 12.0 Å². The average Bonchev–Trinajstić information content (AvgIpc) is 3.38. The van der Waals surface area contributed by atoms with Gasteiger partial charge in [0.05, 0.1) is 12.4 Å². The van der Waals surface area contributed by atoms with Crippen molar-refractivity contribution in [1.29, 1.82) is 0 Å². The summed E-state index contributed by atoms with van der Waals surface area (Å²) >= 11 is 1.60. The van der Waals surface area contributed by atoms with E-state index in [9.17, 15) is 4.79 Å². The van der Waals surface area contributed by atoms with Crippen molar-refractivity contribution >= 4 is 35.2 Å². The van der Waals surface area contributed by atoms with E-state index in [1.165, 1.54) is 0 Å². The fourth-order valence-electron chi connectivity index (χ4n) is 3.48. The Bertz CT molecular complexity index is 1070. The lowest BCUT2D eigenvalue weighted by atomic mass is 10.2. The number of fused-ring (bicyclic) bond motifs is 1. The van der Waals surface area contributed by atoms with Gasteiger partial charge in [0.1, 0.15) is 6.54 Å². The van der Waals surface area contributed by atoms with Crippen LogP contribution in [0.15, 0.2) is 64.6 Å². The van der Waals surface area contributed by atoms with Gasteiger partial charge in [-0.2, -0.15) is 10.1 Å². The number of aryl methyl sites for hydroxylation is 1. The zero-order valence-electron chi connectivity index (χ0n) is 17.5. The summed E-state index contributed by atoms with van der Waals surface area (Å²) in [4.78, 5) is 19.5. The summed E-state index contributed by atoms with van der Waals surface area (Å²) in [6.45, 7) is 0.816. The molecular weight excluding hydrogens is 426 g/mol. The predicted octanol–water partition coefficient (Wildman–Crippen LogP) is 2.94. The first-order chi connectivity index (χ1) is 15.7. The Morgan fingerprint density at radius 1 is 1.31 bits per heavy atom. The molecule has 1 aromatic heterocycles. The lowest BCUT2D eigenvalue weighted by Crippen LogP contribution is -2.42. The van der Waals surface area contributed by atoms with Gasteiger partial charge in [-0.05, 0) is 66.8 Å². The van der Waals surface area contributed by atoms with E-state index in [0.29, 0.717) is 18.8 Å². The van der Waals surface area contributed by atoms with E-state index in [-0.39, 0.29) is 18.4 Å². The highest BCUT2D eigenvalue weighted by Gasteiger charge is 2.37. The number of nitrogens with one attached hydrogen (secondary N) is 3. The first-order valence-electron chi connectivity index (χ1n) is 10.7. The van der Waals surface area contributed by atoms with E-state index in [1.807, 2.05) is 47.6 Å². The number of aromatic nitrogens is 2. The van der Waals surface area contributed by atoms with Crippen molar-refractivity contribution in [3.63, 3.8) is 0 Å². The number of aliphatic hydroxyl groups excluding tert-OH is 1. The summed E-state index contributed by atoms with van der Waals surface area (Å²) in [5.41, 5.74) is 1.80. The molecule has 32 heavy (non-hydrogen) atoms. The van der Waals surface area contributed by atoms with Crippen LogP contribution in [0.1, 0.15) is 25.0 Å². The molecule has 10 heteroatoms. The minimum atomic E-state index is 0.116. The minimum absolute atomic E-state index is 0.116. The molecule has 1 aliphatic carbocycles. The number of aromatic amines is 1. The molecule has 0 bridgehead atoms. The highest BCUT2D eigenvalue weighted by atomic mass is 32.2. The van der Waals surface area contributed by atoms with Crippen LogP contribution >= 0.6 is 11.9 Å². The van der Waals surface area contributed by atoms with Crippen LogP contribution in [0.25, 0.3) is 0 Å². The summed E-state index contributed by atoms with van der Waals surface area (Å²) in [7, 11) is 0. The summed E-state index contributed by atoms with van der Waals surface area (Å²) in [6, 6.07) is 9.85. The molecule has 2 aromatic rings. The molecule has 4 N–H and O–H groups in total. The molecule has 1 radical (unpaired) electrons. The van der Waals surface area contributed by atoms with Crippen molar-refractivity contribution in [2.75, 3.05) is 23.8 Å². The van der Waals surface area contributed by atoms with Crippen molar-refractivity contribution in [3.8, 4) is 0 Å². The van der Waals surface area contributed by atoms with E-state index in [2.05, 4.69) is 30.1 Å². The first-order valence-corrected chi connectivity index (χ1v) is 11.5. The molecular formula is C22H25N7O2S+. The summed E-state index contributed by atoms with van der Waals surface area (Å²) in [6.07, 6.45) is 9.18. The van der Waals surface area contributed by atoms with Crippen molar-refractivity contribution < 1.29 is 9.90 Å². The Hall–Kier alpha value is -3.08. The molecule has 5 rings (SSSR count). The van der Waals surface area contributed by atoms with Gasteiger partial charge >= 0.3 is 0 Å². The maximum absolute atomic E-state index is 11.9. The second-order valence-electron chi connectivity index (χ2n) is 7.91. The minimum Gasteiger partial charge on any atom is -0.396 e. The highest BCUT2D eigenvalue weighted by Crippen LogP contribution is 2.32. The zero-order valence-corrected chi connectivity index (χ0v) is 18.3. The third-order valence-electron chi connectivity index (χ3n) is 5.32. The number of anilines is 2. The number of carbonyl (C=O) groups is 1. The number of amides is 1. The van der Waals surface area contributed by atoms with E-state index in [0.717, 1.165) is 47.2 Å².